The summed E-state index contributed by atoms with van der Waals surface area (Å²) in [6, 6.07) is 12.2. The molecule has 1 aliphatic carbocycles. The molecule has 4 heteroatoms. The normalized spacial score (nSPS) is 16.5. The van der Waals surface area contributed by atoms with E-state index in [1.54, 1.807) is 6.20 Å². The number of hydrogen-bond acceptors (Lipinski definition) is 3. The lowest BCUT2D eigenvalue weighted by Crippen LogP contribution is -2.30. The van der Waals surface area contributed by atoms with E-state index in [0.29, 0.717) is 11.7 Å². The second-order valence-electron chi connectivity index (χ2n) is 6.85. The van der Waals surface area contributed by atoms with Gasteiger partial charge in [-0.1, -0.05) is 29.8 Å². The summed E-state index contributed by atoms with van der Waals surface area (Å²) in [7, 11) is 0. The van der Waals surface area contributed by atoms with E-state index < -0.39 is 0 Å². The van der Waals surface area contributed by atoms with Crippen molar-refractivity contribution in [2.24, 2.45) is 0 Å². The van der Waals surface area contributed by atoms with Crippen molar-refractivity contribution in [3.63, 3.8) is 0 Å². The molecular weight excluding hydrogens is 310 g/mol. The predicted octanol–water partition coefficient (Wildman–Crippen LogP) is 3.52. The molecule has 2 heterocycles. The third-order valence-corrected chi connectivity index (χ3v) is 5.11. The largest absolute Gasteiger partial charge is 0.276 e. The first-order valence-electron chi connectivity index (χ1n) is 8.72. The first-order chi connectivity index (χ1) is 12.1. The first-order valence-corrected chi connectivity index (χ1v) is 8.72. The predicted molar refractivity (Wildman–Crippen MR) is 98.3 cm³/mol. The zero-order chi connectivity index (χ0) is 17.4. The molecule has 2 aromatic heterocycles. The van der Waals surface area contributed by atoms with Gasteiger partial charge in [0.25, 0.3) is 5.56 Å². The lowest BCUT2D eigenvalue weighted by atomic mass is 9.79. The molecule has 0 saturated heterocycles. The quantitative estimate of drug-likeness (QED) is 0.722. The maximum atomic E-state index is 12.8. The average molecular weight is 331 g/mol. The van der Waals surface area contributed by atoms with Gasteiger partial charge in [-0.3, -0.25) is 4.79 Å². The minimum Gasteiger partial charge on any atom is -0.267 e. The number of pyridine rings is 1. The average Bonchev–Trinajstić information content (AvgIpc) is 2.62. The Morgan fingerprint density at radius 2 is 2.04 bits per heavy atom. The van der Waals surface area contributed by atoms with Crippen LogP contribution in [0.4, 0.5) is 0 Å². The number of nitrogens with zero attached hydrogens (tertiary/aromatic N) is 3. The van der Waals surface area contributed by atoms with Crippen molar-refractivity contribution in [3.05, 3.63) is 87.0 Å². The zero-order valence-corrected chi connectivity index (χ0v) is 14.6. The maximum absolute atomic E-state index is 12.8. The Bertz CT molecular complexity index is 976. The van der Waals surface area contributed by atoms with E-state index in [0.717, 1.165) is 30.4 Å². The van der Waals surface area contributed by atoms with E-state index >= 15 is 0 Å². The monoisotopic (exact) mass is 331 g/mol. The minimum absolute atomic E-state index is 0.0321. The lowest BCUT2D eigenvalue weighted by molar-refractivity contribution is 0.565. The molecule has 0 saturated carbocycles. The van der Waals surface area contributed by atoms with E-state index in [-0.39, 0.29) is 5.56 Å². The van der Waals surface area contributed by atoms with E-state index in [9.17, 15) is 4.79 Å². The Kier molecular flexibility index (Phi) is 3.96. The first kappa shape index (κ1) is 15.8. The molecule has 0 aliphatic heterocycles. The summed E-state index contributed by atoms with van der Waals surface area (Å²) in [5.74, 6) is 1.03. The Morgan fingerprint density at radius 1 is 1.16 bits per heavy atom. The fraction of sp³-hybridized carbons (Fsp3) is 0.286. The standard InChI is InChI=1S/C21H21N3O/c1-14-6-8-18(15(2)11-14)16-7-9-19-17(12-16)13-23-24(21(19)25)20-5-3-4-10-22-20/h3-6,8,10-11,13,16H,7,9,12H2,1-2H3/t16-/m1/s1. The van der Waals surface area contributed by atoms with Crippen molar-refractivity contribution in [2.45, 2.75) is 39.0 Å². The molecule has 0 radical (unpaired) electrons. The van der Waals surface area contributed by atoms with Gasteiger partial charge in [0.05, 0.1) is 6.20 Å². The molecule has 1 atom stereocenters. The van der Waals surface area contributed by atoms with Crippen LogP contribution in [0.5, 0.6) is 0 Å². The molecule has 1 aliphatic rings. The van der Waals surface area contributed by atoms with Crippen molar-refractivity contribution in [1.82, 2.24) is 14.8 Å². The highest BCUT2D eigenvalue weighted by atomic mass is 16.1. The van der Waals surface area contributed by atoms with E-state index in [2.05, 4.69) is 42.1 Å². The molecule has 0 amide bonds. The van der Waals surface area contributed by atoms with Crippen LogP contribution in [0.1, 0.15) is 40.2 Å². The molecule has 0 bridgehead atoms. The van der Waals surface area contributed by atoms with Crippen molar-refractivity contribution < 1.29 is 0 Å². The van der Waals surface area contributed by atoms with Crippen LogP contribution in [-0.4, -0.2) is 14.8 Å². The molecule has 0 spiro atoms. The molecule has 3 aromatic rings. The SMILES string of the molecule is Cc1ccc([C@@H]2CCc3c(cnn(-c4ccccn4)c3=O)C2)c(C)c1. The summed E-state index contributed by atoms with van der Waals surface area (Å²) >= 11 is 0. The van der Waals surface area contributed by atoms with Gasteiger partial charge in [-0.05, 0) is 67.9 Å². The summed E-state index contributed by atoms with van der Waals surface area (Å²) in [5.41, 5.74) is 5.95. The number of aromatic nitrogens is 3. The Balaban J connectivity index is 1.69. The topological polar surface area (TPSA) is 47.8 Å². The van der Waals surface area contributed by atoms with Gasteiger partial charge in [0.2, 0.25) is 0 Å². The van der Waals surface area contributed by atoms with Crippen LogP contribution in [0.15, 0.2) is 53.6 Å². The zero-order valence-electron chi connectivity index (χ0n) is 14.6. The third-order valence-electron chi connectivity index (χ3n) is 5.11. The van der Waals surface area contributed by atoms with Crippen LogP contribution in [0.25, 0.3) is 5.82 Å². The molecule has 0 N–H and O–H groups in total. The number of rotatable bonds is 2. The number of hydrogen-bond donors (Lipinski definition) is 0. The van der Waals surface area contributed by atoms with Gasteiger partial charge in [-0.25, -0.2) is 4.98 Å². The Morgan fingerprint density at radius 3 is 2.80 bits per heavy atom. The van der Waals surface area contributed by atoms with Crippen LogP contribution in [0.2, 0.25) is 0 Å². The summed E-state index contributed by atoms with van der Waals surface area (Å²) in [6.45, 7) is 4.30. The van der Waals surface area contributed by atoms with E-state index in [1.165, 1.54) is 21.4 Å². The van der Waals surface area contributed by atoms with Crippen molar-refractivity contribution in [1.29, 1.82) is 0 Å². The number of aryl methyl sites for hydroxylation is 2. The summed E-state index contributed by atoms with van der Waals surface area (Å²) < 4.78 is 1.41. The minimum atomic E-state index is -0.0321. The maximum Gasteiger partial charge on any atom is 0.276 e. The van der Waals surface area contributed by atoms with Crippen molar-refractivity contribution in [3.8, 4) is 5.82 Å². The van der Waals surface area contributed by atoms with Crippen LogP contribution < -0.4 is 5.56 Å². The van der Waals surface area contributed by atoms with Gasteiger partial charge in [0, 0.05) is 11.8 Å². The van der Waals surface area contributed by atoms with Crippen LogP contribution >= 0.6 is 0 Å². The van der Waals surface area contributed by atoms with Crippen LogP contribution in [0, 0.1) is 13.8 Å². The van der Waals surface area contributed by atoms with Crippen LogP contribution in [0.3, 0.4) is 0 Å². The highest BCUT2D eigenvalue weighted by Gasteiger charge is 2.24. The highest BCUT2D eigenvalue weighted by Crippen LogP contribution is 2.33. The fourth-order valence-corrected chi connectivity index (χ4v) is 3.84. The summed E-state index contributed by atoms with van der Waals surface area (Å²) in [4.78, 5) is 17.1. The molecular formula is C21H21N3O. The smallest absolute Gasteiger partial charge is 0.267 e. The summed E-state index contributed by atoms with van der Waals surface area (Å²) in [6.07, 6.45) is 6.20. The molecule has 0 unspecified atom stereocenters. The summed E-state index contributed by atoms with van der Waals surface area (Å²) in [5, 5.41) is 4.37. The van der Waals surface area contributed by atoms with Crippen molar-refractivity contribution >= 4 is 0 Å². The molecule has 25 heavy (non-hydrogen) atoms. The van der Waals surface area contributed by atoms with Gasteiger partial charge >= 0.3 is 0 Å². The molecule has 4 nitrogen and oxygen atoms in total. The van der Waals surface area contributed by atoms with E-state index in [4.69, 9.17) is 0 Å². The van der Waals surface area contributed by atoms with Gasteiger partial charge in [-0.2, -0.15) is 9.78 Å². The van der Waals surface area contributed by atoms with Gasteiger partial charge in [0.1, 0.15) is 0 Å². The second-order valence-corrected chi connectivity index (χ2v) is 6.85. The molecule has 1 aromatic carbocycles. The molecule has 4 rings (SSSR count). The van der Waals surface area contributed by atoms with Gasteiger partial charge in [0.15, 0.2) is 5.82 Å². The fourth-order valence-electron chi connectivity index (χ4n) is 3.84. The molecule has 126 valence electrons. The van der Waals surface area contributed by atoms with Gasteiger partial charge in [-0.15, -0.1) is 0 Å². The Hall–Kier alpha value is -2.75. The Labute approximate surface area is 147 Å². The lowest BCUT2D eigenvalue weighted by Gasteiger charge is -2.26. The van der Waals surface area contributed by atoms with Gasteiger partial charge < -0.3 is 0 Å². The van der Waals surface area contributed by atoms with Crippen molar-refractivity contribution in [2.75, 3.05) is 0 Å². The second kappa shape index (κ2) is 6.28. The van der Waals surface area contributed by atoms with E-state index in [1.807, 2.05) is 24.4 Å². The highest BCUT2D eigenvalue weighted by molar-refractivity contribution is 5.37. The van der Waals surface area contributed by atoms with Crippen LogP contribution in [-0.2, 0) is 12.8 Å². The third kappa shape index (κ3) is 2.88. The number of fused-ring (bicyclic) bond motifs is 1. The molecule has 0 fully saturated rings. The number of benzene rings is 1.